The minimum absolute atomic E-state index is 0.0750. The summed E-state index contributed by atoms with van der Waals surface area (Å²) in [5, 5.41) is 9.92. The van der Waals surface area contributed by atoms with Crippen molar-refractivity contribution in [1.82, 2.24) is 19.9 Å². The van der Waals surface area contributed by atoms with E-state index in [1.807, 2.05) is 30.3 Å². The van der Waals surface area contributed by atoms with Crippen LogP contribution >= 0.6 is 0 Å². The van der Waals surface area contributed by atoms with Crippen LogP contribution in [0.5, 0.6) is 0 Å². The average Bonchev–Trinajstić information content (AvgIpc) is 2.99. The molecule has 6 heteroatoms. The molecule has 0 spiro atoms. The quantitative estimate of drug-likeness (QED) is 0.742. The van der Waals surface area contributed by atoms with Gasteiger partial charge in [-0.25, -0.2) is 9.50 Å². The first kappa shape index (κ1) is 13.1. The Balaban J connectivity index is 1.51. The van der Waals surface area contributed by atoms with E-state index >= 15 is 0 Å². The Morgan fingerprint density at radius 3 is 2.86 bits per heavy atom. The maximum atomic E-state index is 11.8. The van der Waals surface area contributed by atoms with Crippen molar-refractivity contribution >= 4 is 17.4 Å². The maximum absolute atomic E-state index is 11.8. The van der Waals surface area contributed by atoms with E-state index in [1.54, 1.807) is 29.0 Å². The second-order valence-electron chi connectivity index (χ2n) is 4.56. The summed E-state index contributed by atoms with van der Waals surface area (Å²) in [5.74, 6) is 0.576. The minimum Gasteiger partial charge on any atom is -0.361 e. The van der Waals surface area contributed by atoms with Crippen LogP contribution in [0.1, 0.15) is 5.56 Å². The second kappa shape index (κ2) is 6.04. The van der Waals surface area contributed by atoms with Crippen molar-refractivity contribution in [2.45, 2.75) is 6.54 Å². The van der Waals surface area contributed by atoms with Crippen LogP contribution in [0.3, 0.4) is 0 Å². The Kier molecular flexibility index (Phi) is 3.77. The minimum atomic E-state index is -0.0750. The van der Waals surface area contributed by atoms with Crippen molar-refractivity contribution in [3.8, 4) is 0 Å². The standard InChI is InChI=1S/C15H15N5O/c21-15(17-10-12-4-2-1-3-5-12)11-16-13-7-9-20-14(19-13)6-8-18-20/h1-9H,10-11H2,(H,16,19)(H,17,21). The van der Waals surface area contributed by atoms with E-state index in [0.29, 0.717) is 12.4 Å². The van der Waals surface area contributed by atoms with Gasteiger partial charge < -0.3 is 10.6 Å². The lowest BCUT2D eigenvalue weighted by Gasteiger charge is -2.07. The Hall–Kier alpha value is -2.89. The van der Waals surface area contributed by atoms with Gasteiger partial charge in [0.2, 0.25) is 5.91 Å². The van der Waals surface area contributed by atoms with Gasteiger partial charge in [0.25, 0.3) is 0 Å². The monoisotopic (exact) mass is 281 g/mol. The van der Waals surface area contributed by atoms with E-state index in [0.717, 1.165) is 11.2 Å². The van der Waals surface area contributed by atoms with Gasteiger partial charge in [-0.3, -0.25) is 4.79 Å². The predicted molar refractivity (Wildman–Crippen MR) is 79.8 cm³/mol. The molecule has 21 heavy (non-hydrogen) atoms. The number of carbonyl (C=O) groups is 1. The number of carbonyl (C=O) groups excluding carboxylic acids is 1. The highest BCUT2D eigenvalue weighted by atomic mass is 16.1. The molecule has 2 heterocycles. The summed E-state index contributed by atoms with van der Waals surface area (Å²) in [4.78, 5) is 16.1. The van der Waals surface area contributed by atoms with Crippen LogP contribution in [0.25, 0.3) is 5.65 Å². The van der Waals surface area contributed by atoms with Crippen LogP contribution in [0, 0.1) is 0 Å². The van der Waals surface area contributed by atoms with Crippen LogP contribution in [0.2, 0.25) is 0 Å². The maximum Gasteiger partial charge on any atom is 0.239 e. The number of rotatable bonds is 5. The smallest absolute Gasteiger partial charge is 0.239 e. The lowest BCUT2D eigenvalue weighted by Crippen LogP contribution is -2.29. The molecular weight excluding hydrogens is 266 g/mol. The summed E-state index contributed by atoms with van der Waals surface area (Å²) in [7, 11) is 0. The van der Waals surface area contributed by atoms with Gasteiger partial charge >= 0.3 is 0 Å². The predicted octanol–water partition coefficient (Wildman–Crippen LogP) is 1.46. The third kappa shape index (κ3) is 3.36. The molecule has 0 saturated carbocycles. The number of anilines is 1. The second-order valence-corrected chi connectivity index (χ2v) is 4.56. The number of fused-ring (bicyclic) bond motifs is 1. The Morgan fingerprint density at radius 1 is 1.14 bits per heavy atom. The average molecular weight is 281 g/mol. The van der Waals surface area contributed by atoms with E-state index < -0.39 is 0 Å². The van der Waals surface area contributed by atoms with Crippen molar-refractivity contribution in [3.63, 3.8) is 0 Å². The fraction of sp³-hybridized carbons (Fsp3) is 0.133. The Labute approximate surface area is 121 Å². The first-order valence-electron chi connectivity index (χ1n) is 6.66. The van der Waals surface area contributed by atoms with Crippen LogP contribution in [0.15, 0.2) is 54.9 Å². The largest absolute Gasteiger partial charge is 0.361 e. The molecule has 0 saturated heterocycles. The van der Waals surface area contributed by atoms with E-state index in [1.165, 1.54) is 0 Å². The molecule has 1 aromatic carbocycles. The highest BCUT2D eigenvalue weighted by Gasteiger charge is 2.03. The molecule has 0 radical (unpaired) electrons. The third-order valence-corrected chi connectivity index (χ3v) is 3.02. The van der Waals surface area contributed by atoms with E-state index in [4.69, 9.17) is 0 Å². The van der Waals surface area contributed by atoms with Crippen LogP contribution in [-0.2, 0) is 11.3 Å². The van der Waals surface area contributed by atoms with Crippen molar-refractivity contribution in [1.29, 1.82) is 0 Å². The number of hydrogen-bond donors (Lipinski definition) is 2. The SMILES string of the molecule is O=C(CNc1ccn2nccc2n1)NCc1ccccc1. The fourth-order valence-corrected chi connectivity index (χ4v) is 1.94. The lowest BCUT2D eigenvalue weighted by atomic mass is 10.2. The van der Waals surface area contributed by atoms with Crippen molar-refractivity contribution in [2.24, 2.45) is 0 Å². The van der Waals surface area contributed by atoms with Gasteiger partial charge in [0.15, 0.2) is 5.65 Å². The van der Waals surface area contributed by atoms with Gasteiger partial charge in [-0.15, -0.1) is 0 Å². The zero-order chi connectivity index (χ0) is 14.5. The molecule has 0 unspecified atom stereocenters. The summed E-state index contributed by atoms with van der Waals surface area (Å²) in [5.41, 5.74) is 1.81. The molecule has 2 aromatic heterocycles. The van der Waals surface area contributed by atoms with Gasteiger partial charge in [-0.05, 0) is 11.6 Å². The molecule has 106 valence electrons. The molecule has 3 rings (SSSR count). The van der Waals surface area contributed by atoms with Gasteiger partial charge in [0, 0.05) is 18.8 Å². The molecule has 2 N–H and O–H groups in total. The van der Waals surface area contributed by atoms with Crippen LogP contribution in [-0.4, -0.2) is 27.0 Å². The Morgan fingerprint density at radius 2 is 2.00 bits per heavy atom. The molecule has 0 aliphatic rings. The first-order valence-corrected chi connectivity index (χ1v) is 6.66. The molecule has 0 atom stereocenters. The van der Waals surface area contributed by atoms with Crippen LogP contribution < -0.4 is 10.6 Å². The van der Waals surface area contributed by atoms with Crippen molar-refractivity contribution < 1.29 is 4.79 Å². The Bertz CT molecular complexity index is 738. The summed E-state index contributed by atoms with van der Waals surface area (Å²) in [6, 6.07) is 13.4. The van der Waals surface area contributed by atoms with Gasteiger partial charge in [0.05, 0.1) is 12.7 Å². The molecule has 3 aromatic rings. The van der Waals surface area contributed by atoms with Crippen molar-refractivity contribution in [3.05, 3.63) is 60.4 Å². The van der Waals surface area contributed by atoms with E-state index in [-0.39, 0.29) is 12.5 Å². The molecule has 0 bridgehead atoms. The highest BCUT2D eigenvalue weighted by molar-refractivity contribution is 5.80. The molecule has 0 aliphatic heterocycles. The molecular formula is C15H15N5O. The number of aromatic nitrogens is 3. The molecule has 0 aliphatic carbocycles. The molecule has 6 nitrogen and oxygen atoms in total. The third-order valence-electron chi connectivity index (χ3n) is 3.02. The summed E-state index contributed by atoms with van der Waals surface area (Å²) in [6.07, 6.45) is 3.48. The van der Waals surface area contributed by atoms with Gasteiger partial charge in [-0.1, -0.05) is 30.3 Å². The van der Waals surface area contributed by atoms with E-state index in [2.05, 4.69) is 20.7 Å². The normalized spacial score (nSPS) is 10.5. The van der Waals surface area contributed by atoms with Gasteiger partial charge in [0.1, 0.15) is 5.82 Å². The number of hydrogen-bond acceptors (Lipinski definition) is 4. The van der Waals surface area contributed by atoms with Crippen molar-refractivity contribution in [2.75, 3.05) is 11.9 Å². The summed E-state index contributed by atoms with van der Waals surface area (Å²) < 4.78 is 1.67. The highest BCUT2D eigenvalue weighted by Crippen LogP contribution is 2.05. The first-order chi connectivity index (χ1) is 10.3. The van der Waals surface area contributed by atoms with Crippen LogP contribution in [0.4, 0.5) is 5.82 Å². The zero-order valence-corrected chi connectivity index (χ0v) is 11.4. The number of benzene rings is 1. The van der Waals surface area contributed by atoms with E-state index in [9.17, 15) is 4.79 Å². The molecule has 0 fully saturated rings. The number of nitrogens with zero attached hydrogens (tertiary/aromatic N) is 3. The number of amides is 1. The molecule has 1 amide bonds. The number of nitrogens with one attached hydrogen (secondary N) is 2. The lowest BCUT2D eigenvalue weighted by molar-refractivity contribution is -0.119. The fourth-order valence-electron chi connectivity index (χ4n) is 1.94. The van der Waals surface area contributed by atoms with Gasteiger partial charge in [-0.2, -0.15) is 5.10 Å². The summed E-state index contributed by atoms with van der Waals surface area (Å²) in [6.45, 7) is 0.709. The summed E-state index contributed by atoms with van der Waals surface area (Å²) >= 11 is 0. The topological polar surface area (TPSA) is 71.3 Å². The zero-order valence-electron chi connectivity index (χ0n) is 11.4.